The van der Waals surface area contributed by atoms with Gasteiger partial charge in [0, 0.05) is 25.7 Å². The first-order valence-electron chi connectivity index (χ1n) is 7.48. The first-order chi connectivity index (χ1) is 10.2. The molecule has 2 aliphatic heterocycles. The topological polar surface area (TPSA) is 30.5 Å². The molecule has 0 amide bonds. The average Bonchev–Trinajstić information content (AvgIpc) is 2.92. The molecule has 1 N–H and O–H groups in total. The number of nitrogens with one attached hydrogen (secondary N) is 1. The minimum Gasteiger partial charge on any atom is -0.378 e. The standard InChI is InChI=1S/C16H21ClFNO2/c1-19-15(12-3-2-4-13(18)14(12)17)11-5-7-21-16(9-11)6-8-20-10-16/h2-4,11,15,19H,5-10H2,1H3. The van der Waals surface area contributed by atoms with Crippen molar-refractivity contribution in [2.75, 3.05) is 26.9 Å². The zero-order chi connectivity index (χ0) is 14.9. The Kier molecular flexibility index (Phi) is 4.50. The van der Waals surface area contributed by atoms with Gasteiger partial charge >= 0.3 is 0 Å². The summed E-state index contributed by atoms with van der Waals surface area (Å²) in [6, 6.07) is 5.05. The van der Waals surface area contributed by atoms with Gasteiger partial charge in [0.25, 0.3) is 0 Å². The molecule has 5 heteroatoms. The van der Waals surface area contributed by atoms with E-state index in [0.717, 1.165) is 38.0 Å². The lowest BCUT2D eigenvalue weighted by Crippen LogP contribution is -2.43. The summed E-state index contributed by atoms with van der Waals surface area (Å²) in [6.45, 7) is 2.15. The number of hydrogen-bond acceptors (Lipinski definition) is 3. The second-order valence-electron chi connectivity index (χ2n) is 6.00. The Morgan fingerprint density at radius 3 is 3.00 bits per heavy atom. The number of ether oxygens (including phenoxy) is 2. The molecule has 1 aromatic rings. The zero-order valence-electron chi connectivity index (χ0n) is 12.2. The smallest absolute Gasteiger partial charge is 0.142 e. The van der Waals surface area contributed by atoms with Crippen LogP contribution in [0.3, 0.4) is 0 Å². The molecule has 3 rings (SSSR count). The third-order valence-electron chi connectivity index (χ3n) is 4.70. The Morgan fingerprint density at radius 1 is 1.43 bits per heavy atom. The molecule has 0 bridgehead atoms. The molecule has 0 saturated carbocycles. The molecular weight excluding hydrogens is 293 g/mol. The van der Waals surface area contributed by atoms with E-state index in [1.165, 1.54) is 6.07 Å². The van der Waals surface area contributed by atoms with Crippen LogP contribution >= 0.6 is 11.6 Å². The number of rotatable bonds is 3. The Morgan fingerprint density at radius 2 is 2.29 bits per heavy atom. The lowest BCUT2D eigenvalue weighted by Gasteiger charge is -2.40. The van der Waals surface area contributed by atoms with Crippen LogP contribution in [0, 0.1) is 11.7 Å². The van der Waals surface area contributed by atoms with Gasteiger partial charge in [-0.1, -0.05) is 23.7 Å². The molecule has 0 aliphatic carbocycles. The Balaban J connectivity index is 1.84. The molecular formula is C16H21ClFNO2. The van der Waals surface area contributed by atoms with Crippen LogP contribution in [0.2, 0.25) is 5.02 Å². The van der Waals surface area contributed by atoms with Crippen molar-refractivity contribution >= 4 is 11.6 Å². The molecule has 0 radical (unpaired) electrons. The van der Waals surface area contributed by atoms with Gasteiger partial charge in [0.15, 0.2) is 0 Å². The molecule has 0 aromatic heterocycles. The summed E-state index contributed by atoms with van der Waals surface area (Å²) >= 11 is 6.17. The van der Waals surface area contributed by atoms with E-state index in [0.29, 0.717) is 12.5 Å². The third kappa shape index (κ3) is 2.95. The van der Waals surface area contributed by atoms with E-state index >= 15 is 0 Å². The highest BCUT2D eigenvalue weighted by Gasteiger charge is 2.43. The van der Waals surface area contributed by atoms with Crippen molar-refractivity contribution in [1.82, 2.24) is 5.32 Å². The minimum atomic E-state index is -0.361. The van der Waals surface area contributed by atoms with Gasteiger partial charge in [-0.25, -0.2) is 4.39 Å². The highest BCUT2D eigenvalue weighted by atomic mass is 35.5. The van der Waals surface area contributed by atoms with Crippen LogP contribution in [0.15, 0.2) is 18.2 Å². The Hall–Kier alpha value is -0.680. The summed E-state index contributed by atoms with van der Waals surface area (Å²) in [7, 11) is 1.90. The average molecular weight is 314 g/mol. The van der Waals surface area contributed by atoms with Crippen molar-refractivity contribution in [3.8, 4) is 0 Å². The highest BCUT2D eigenvalue weighted by Crippen LogP contribution is 2.42. The lowest BCUT2D eigenvalue weighted by molar-refractivity contribution is -0.103. The minimum absolute atomic E-state index is 0.0366. The molecule has 2 fully saturated rings. The van der Waals surface area contributed by atoms with E-state index in [1.54, 1.807) is 6.07 Å². The van der Waals surface area contributed by atoms with Gasteiger partial charge in [-0.2, -0.15) is 0 Å². The number of benzene rings is 1. The quantitative estimate of drug-likeness (QED) is 0.928. The van der Waals surface area contributed by atoms with Crippen molar-refractivity contribution in [1.29, 1.82) is 0 Å². The van der Waals surface area contributed by atoms with Crippen molar-refractivity contribution in [2.45, 2.75) is 30.9 Å². The van der Waals surface area contributed by atoms with E-state index in [-0.39, 0.29) is 22.5 Å². The largest absolute Gasteiger partial charge is 0.378 e. The van der Waals surface area contributed by atoms with Gasteiger partial charge in [-0.3, -0.25) is 0 Å². The second kappa shape index (κ2) is 6.21. The third-order valence-corrected chi connectivity index (χ3v) is 5.10. The van der Waals surface area contributed by atoms with Crippen LogP contribution in [0.25, 0.3) is 0 Å². The predicted molar refractivity (Wildman–Crippen MR) is 80.1 cm³/mol. The summed E-state index contributed by atoms with van der Waals surface area (Å²) in [5, 5.41) is 3.54. The highest BCUT2D eigenvalue weighted by molar-refractivity contribution is 6.31. The van der Waals surface area contributed by atoms with E-state index in [4.69, 9.17) is 21.1 Å². The zero-order valence-corrected chi connectivity index (χ0v) is 13.0. The maximum atomic E-state index is 13.7. The molecule has 1 aromatic carbocycles. The molecule has 1 spiro atoms. The van der Waals surface area contributed by atoms with Gasteiger partial charge in [0.05, 0.1) is 17.2 Å². The van der Waals surface area contributed by atoms with Gasteiger partial charge < -0.3 is 14.8 Å². The number of halogens is 2. The summed E-state index contributed by atoms with van der Waals surface area (Å²) < 4.78 is 25.2. The van der Waals surface area contributed by atoms with Crippen molar-refractivity contribution in [3.05, 3.63) is 34.6 Å². The maximum absolute atomic E-state index is 13.7. The summed E-state index contributed by atoms with van der Waals surface area (Å²) in [4.78, 5) is 0. The normalized spacial score (nSPS) is 30.7. The Labute approximate surface area is 129 Å². The molecule has 2 heterocycles. The van der Waals surface area contributed by atoms with Gasteiger partial charge in [-0.05, 0) is 37.4 Å². The summed E-state index contributed by atoms with van der Waals surface area (Å²) in [5.41, 5.74) is 0.679. The van der Waals surface area contributed by atoms with Crippen LogP contribution < -0.4 is 5.32 Å². The fraction of sp³-hybridized carbons (Fsp3) is 0.625. The monoisotopic (exact) mass is 313 g/mol. The molecule has 3 unspecified atom stereocenters. The van der Waals surface area contributed by atoms with Crippen molar-refractivity contribution < 1.29 is 13.9 Å². The van der Waals surface area contributed by atoms with Crippen molar-refractivity contribution in [2.24, 2.45) is 5.92 Å². The van der Waals surface area contributed by atoms with Gasteiger partial charge in [0.1, 0.15) is 5.82 Å². The van der Waals surface area contributed by atoms with Gasteiger partial charge in [0.2, 0.25) is 0 Å². The Bertz CT molecular complexity index is 505. The fourth-order valence-corrected chi connectivity index (χ4v) is 3.86. The van der Waals surface area contributed by atoms with E-state index in [2.05, 4.69) is 5.32 Å². The lowest BCUT2D eigenvalue weighted by atomic mass is 9.79. The van der Waals surface area contributed by atoms with E-state index in [9.17, 15) is 4.39 Å². The van der Waals surface area contributed by atoms with Crippen molar-refractivity contribution in [3.63, 3.8) is 0 Å². The van der Waals surface area contributed by atoms with Crippen LogP contribution in [0.5, 0.6) is 0 Å². The SMILES string of the molecule is CNC(c1cccc(F)c1Cl)C1CCOC2(CCOC2)C1. The first kappa shape index (κ1) is 15.2. The van der Waals surface area contributed by atoms with Crippen LogP contribution in [-0.2, 0) is 9.47 Å². The molecule has 2 saturated heterocycles. The predicted octanol–water partition coefficient (Wildman–Crippen LogP) is 3.33. The molecule has 116 valence electrons. The van der Waals surface area contributed by atoms with Crippen LogP contribution in [-0.4, -0.2) is 32.5 Å². The van der Waals surface area contributed by atoms with Crippen LogP contribution in [0.4, 0.5) is 4.39 Å². The molecule has 3 nitrogen and oxygen atoms in total. The van der Waals surface area contributed by atoms with E-state index in [1.807, 2.05) is 13.1 Å². The fourth-order valence-electron chi connectivity index (χ4n) is 3.62. The summed E-state index contributed by atoms with van der Waals surface area (Å²) in [6.07, 6.45) is 2.81. The number of hydrogen-bond donors (Lipinski definition) is 1. The molecule has 21 heavy (non-hydrogen) atoms. The van der Waals surface area contributed by atoms with Gasteiger partial charge in [-0.15, -0.1) is 0 Å². The van der Waals surface area contributed by atoms with E-state index < -0.39 is 0 Å². The summed E-state index contributed by atoms with van der Waals surface area (Å²) in [5.74, 6) is 0.00476. The maximum Gasteiger partial charge on any atom is 0.142 e. The van der Waals surface area contributed by atoms with Crippen LogP contribution in [0.1, 0.15) is 30.9 Å². The molecule has 3 atom stereocenters. The molecule has 2 aliphatic rings. The second-order valence-corrected chi connectivity index (χ2v) is 6.37. The first-order valence-corrected chi connectivity index (χ1v) is 7.86.